The second kappa shape index (κ2) is 7.84. The Labute approximate surface area is 169 Å². The van der Waals surface area contributed by atoms with Gasteiger partial charge in [0.25, 0.3) is 5.91 Å². The molecule has 0 unspecified atom stereocenters. The number of thiophene rings is 1. The van der Waals surface area contributed by atoms with Gasteiger partial charge >= 0.3 is 0 Å². The lowest BCUT2D eigenvalue weighted by Crippen LogP contribution is -2.34. The van der Waals surface area contributed by atoms with E-state index in [0.29, 0.717) is 25.6 Å². The van der Waals surface area contributed by atoms with E-state index in [1.807, 2.05) is 24.3 Å². The average Bonchev–Trinajstić information content (AvgIpc) is 2.95. The monoisotopic (exact) mass is 426 g/mol. The molecule has 0 spiro atoms. The van der Waals surface area contributed by atoms with Gasteiger partial charge in [0.1, 0.15) is 4.88 Å². The molecule has 0 aliphatic heterocycles. The van der Waals surface area contributed by atoms with Gasteiger partial charge < -0.3 is 10.2 Å². The lowest BCUT2D eigenvalue weighted by molar-refractivity contribution is -0.116. The van der Waals surface area contributed by atoms with Gasteiger partial charge in [-0.1, -0.05) is 59.1 Å². The van der Waals surface area contributed by atoms with Crippen molar-refractivity contribution in [3.63, 3.8) is 0 Å². The summed E-state index contributed by atoms with van der Waals surface area (Å²) in [5, 5.41) is 4.51. The molecule has 0 radical (unpaired) electrons. The first kappa shape index (κ1) is 19.0. The van der Waals surface area contributed by atoms with E-state index < -0.39 is 5.91 Å². The number of likely N-dealkylation sites (N-methyl/N-ethyl adjacent to an activating group) is 1. The second-order valence-corrected chi connectivity index (χ2v) is 7.79. The molecule has 4 nitrogen and oxygen atoms in total. The Morgan fingerprint density at radius 2 is 1.69 bits per heavy atom. The average molecular weight is 428 g/mol. The molecule has 0 saturated heterocycles. The van der Waals surface area contributed by atoms with Gasteiger partial charge in [-0.25, -0.2) is 0 Å². The molecule has 0 atom stereocenters. The minimum Gasteiger partial charge on any atom is -0.332 e. The number of carbonyl (C=O) groups excluding carboxylic acids is 2. The number of amides is 2. The number of para-hydroxylation sites is 1. The van der Waals surface area contributed by atoms with Gasteiger partial charge in [0, 0.05) is 17.1 Å². The minimum absolute atomic E-state index is 0.162. The molecule has 3 rings (SSSR count). The van der Waals surface area contributed by atoms with Gasteiger partial charge in [-0.05, 0) is 18.2 Å². The highest BCUT2D eigenvalue weighted by Gasteiger charge is 2.22. The fourth-order valence-electron chi connectivity index (χ4n) is 2.41. The minimum atomic E-state index is -0.409. The van der Waals surface area contributed by atoms with Crippen LogP contribution in [0, 0.1) is 0 Å². The number of rotatable bonds is 4. The number of hydrogen-bond donors (Lipinski definition) is 1. The van der Waals surface area contributed by atoms with E-state index in [4.69, 9.17) is 34.8 Å². The standard InChI is InChI=1S/C18H13Cl3N2O2S/c1-23(9-14(24)22-16-11(19)6-4-7-12(16)20)18(25)17-15(21)10-5-2-3-8-13(10)26-17/h2-8H,9H2,1H3,(H,22,24). The number of halogens is 3. The van der Waals surface area contributed by atoms with E-state index in [1.54, 1.807) is 18.2 Å². The van der Waals surface area contributed by atoms with Crippen LogP contribution in [0.15, 0.2) is 42.5 Å². The normalized spacial score (nSPS) is 10.8. The second-order valence-electron chi connectivity index (χ2n) is 5.55. The third-order valence-electron chi connectivity index (χ3n) is 3.68. The third-order valence-corrected chi connectivity index (χ3v) is 5.98. The van der Waals surface area contributed by atoms with Crippen molar-refractivity contribution in [2.45, 2.75) is 0 Å². The highest BCUT2D eigenvalue weighted by molar-refractivity contribution is 7.21. The molecule has 3 aromatic rings. The topological polar surface area (TPSA) is 49.4 Å². The van der Waals surface area contributed by atoms with E-state index >= 15 is 0 Å². The van der Waals surface area contributed by atoms with Crippen molar-refractivity contribution < 1.29 is 9.59 Å². The van der Waals surface area contributed by atoms with Gasteiger partial charge in [-0.3, -0.25) is 9.59 Å². The summed E-state index contributed by atoms with van der Waals surface area (Å²) in [6, 6.07) is 12.4. The summed E-state index contributed by atoms with van der Waals surface area (Å²) in [5.41, 5.74) is 0.321. The van der Waals surface area contributed by atoms with Crippen LogP contribution >= 0.6 is 46.1 Å². The highest BCUT2D eigenvalue weighted by Crippen LogP contribution is 2.35. The Hall–Kier alpha value is -1.79. The van der Waals surface area contributed by atoms with Crippen molar-refractivity contribution in [3.05, 3.63) is 62.4 Å². The molecule has 0 saturated carbocycles. The zero-order valence-electron chi connectivity index (χ0n) is 13.6. The molecule has 8 heteroatoms. The molecular formula is C18H13Cl3N2O2S. The molecule has 1 aromatic heterocycles. The predicted octanol–water partition coefficient (Wildman–Crippen LogP) is 5.57. The molecule has 0 bridgehead atoms. The fourth-order valence-corrected chi connectivity index (χ4v) is 4.41. The van der Waals surface area contributed by atoms with Crippen LogP contribution in [0.3, 0.4) is 0 Å². The number of carbonyl (C=O) groups is 2. The Morgan fingerprint density at radius 3 is 2.35 bits per heavy atom. The lowest BCUT2D eigenvalue weighted by atomic mass is 10.2. The van der Waals surface area contributed by atoms with Crippen molar-refractivity contribution in [1.29, 1.82) is 0 Å². The van der Waals surface area contributed by atoms with Gasteiger partial charge in [-0.15, -0.1) is 11.3 Å². The molecule has 0 fully saturated rings. The number of anilines is 1. The van der Waals surface area contributed by atoms with Crippen molar-refractivity contribution in [2.24, 2.45) is 0 Å². The predicted molar refractivity (Wildman–Crippen MR) is 109 cm³/mol. The van der Waals surface area contributed by atoms with E-state index in [-0.39, 0.29) is 12.5 Å². The maximum atomic E-state index is 12.7. The Morgan fingerprint density at radius 1 is 1.04 bits per heavy atom. The molecule has 0 aliphatic carbocycles. The van der Waals surface area contributed by atoms with E-state index in [1.165, 1.54) is 23.3 Å². The SMILES string of the molecule is CN(CC(=O)Nc1c(Cl)cccc1Cl)C(=O)c1sc2ccccc2c1Cl. The number of hydrogen-bond acceptors (Lipinski definition) is 3. The summed E-state index contributed by atoms with van der Waals surface area (Å²) < 4.78 is 0.918. The quantitative estimate of drug-likeness (QED) is 0.591. The van der Waals surface area contributed by atoms with Crippen molar-refractivity contribution >= 4 is 73.7 Å². The molecule has 0 aliphatic rings. The number of benzene rings is 2. The van der Waals surface area contributed by atoms with Crippen LogP contribution < -0.4 is 5.32 Å². The molecule has 26 heavy (non-hydrogen) atoms. The van der Waals surface area contributed by atoms with Gasteiger partial charge in [0.2, 0.25) is 5.91 Å². The van der Waals surface area contributed by atoms with Gasteiger partial charge in [0.15, 0.2) is 0 Å². The summed E-state index contributed by atoms with van der Waals surface area (Å²) in [7, 11) is 1.54. The number of fused-ring (bicyclic) bond motifs is 1. The first-order valence-corrected chi connectivity index (χ1v) is 9.50. The van der Waals surface area contributed by atoms with Crippen molar-refractivity contribution in [2.75, 3.05) is 18.9 Å². The first-order valence-electron chi connectivity index (χ1n) is 7.55. The van der Waals surface area contributed by atoms with Gasteiger partial charge in [-0.2, -0.15) is 0 Å². The lowest BCUT2D eigenvalue weighted by Gasteiger charge is -2.17. The largest absolute Gasteiger partial charge is 0.332 e. The van der Waals surface area contributed by atoms with E-state index in [2.05, 4.69) is 5.32 Å². The number of nitrogens with one attached hydrogen (secondary N) is 1. The Kier molecular flexibility index (Phi) is 5.73. The van der Waals surface area contributed by atoms with Crippen LogP contribution in [0.5, 0.6) is 0 Å². The smallest absolute Gasteiger partial charge is 0.265 e. The van der Waals surface area contributed by atoms with E-state index in [9.17, 15) is 9.59 Å². The molecule has 134 valence electrons. The van der Waals surface area contributed by atoms with Crippen LogP contribution in [0.25, 0.3) is 10.1 Å². The number of nitrogens with zero attached hydrogens (tertiary/aromatic N) is 1. The summed E-state index contributed by atoms with van der Waals surface area (Å²) in [4.78, 5) is 26.6. The van der Waals surface area contributed by atoms with Crippen LogP contribution in [0.4, 0.5) is 5.69 Å². The Bertz CT molecular complexity index is 983. The summed E-state index contributed by atoms with van der Waals surface area (Å²) in [6.45, 7) is -0.162. The summed E-state index contributed by atoms with van der Waals surface area (Å²) >= 11 is 19.7. The maximum Gasteiger partial charge on any atom is 0.265 e. The molecule has 2 amide bonds. The van der Waals surface area contributed by atoms with Crippen molar-refractivity contribution in [1.82, 2.24) is 4.90 Å². The molecule has 2 aromatic carbocycles. The summed E-state index contributed by atoms with van der Waals surface area (Å²) in [5.74, 6) is -0.732. The maximum absolute atomic E-state index is 12.7. The molecule has 1 N–H and O–H groups in total. The zero-order valence-corrected chi connectivity index (χ0v) is 16.6. The third kappa shape index (κ3) is 3.81. The van der Waals surface area contributed by atoms with E-state index in [0.717, 1.165) is 10.1 Å². The van der Waals surface area contributed by atoms with Crippen LogP contribution in [-0.2, 0) is 4.79 Å². The van der Waals surface area contributed by atoms with Gasteiger partial charge in [0.05, 0.1) is 27.3 Å². The summed E-state index contributed by atoms with van der Waals surface area (Å²) in [6.07, 6.45) is 0. The van der Waals surface area contributed by atoms with Crippen molar-refractivity contribution in [3.8, 4) is 0 Å². The highest BCUT2D eigenvalue weighted by atomic mass is 35.5. The molecule has 1 heterocycles. The zero-order chi connectivity index (χ0) is 18.8. The Balaban J connectivity index is 1.74. The molecular weight excluding hydrogens is 415 g/mol. The van der Waals surface area contributed by atoms with Crippen LogP contribution in [0.1, 0.15) is 9.67 Å². The van der Waals surface area contributed by atoms with Crippen LogP contribution in [-0.4, -0.2) is 30.3 Å². The fraction of sp³-hybridized carbons (Fsp3) is 0.111. The van der Waals surface area contributed by atoms with Crippen LogP contribution in [0.2, 0.25) is 15.1 Å². The first-order chi connectivity index (χ1) is 12.4.